The van der Waals surface area contributed by atoms with Crippen molar-refractivity contribution >= 4 is 11.8 Å². The molecule has 0 aliphatic heterocycles. The summed E-state index contributed by atoms with van der Waals surface area (Å²) in [5.41, 5.74) is 0. The molecular formula is C16H32N2O2. The highest BCUT2D eigenvalue weighted by Gasteiger charge is 2.11. The lowest BCUT2D eigenvalue weighted by Gasteiger charge is -2.08. The lowest BCUT2D eigenvalue weighted by Crippen LogP contribution is -2.41. The molecule has 0 saturated carbocycles. The average Bonchev–Trinajstić information content (AvgIpc) is 2.42. The maximum absolute atomic E-state index is 11.4. The highest BCUT2D eigenvalue weighted by Crippen LogP contribution is 2.07. The van der Waals surface area contributed by atoms with Crippen LogP contribution in [0.5, 0.6) is 0 Å². The van der Waals surface area contributed by atoms with E-state index in [0.717, 1.165) is 12.8 Å². The Balaban J connectivity index is 3.37. The average molecular weight is 284 g/mol. The molecule has 0 aromatic heterocycles. The second kappa shape index (κ2) is 12.9. The van der Waals surface area contributed by atoms with Crippen molar-refractivity contribution in [1.29, 1.82) is 0 Å². The molecule has 0 bridgehead atoms. The van der Waals surface area contributed by atoms with Gasteiger partial charge in [-0.3, -0.25) is 9.59 Å². The Labute approximate surface area is 124 Å². The Morgan fingerprint density at radius 3 is 1.85 bits per heavy atom. The summed E-state index contributed by atoms with van der Waals surface area (Å²) in [4.78, 5) is 22.8. The van der Waals surface area contributed by atoms with Gasteiger partial charge >= 0.3 is 11.8 Å². The molecule has 0 aliphatic rings. The van der Waals surface area contributed by atoms with E-state index in [-0.39, 0.29) is 0 Å². The third kappa shape index (κ3) is 12.0. The molecule has 0 radical (unpaired) electrons. The van der Waals surface area contributed by atoms with Gasteiger partial charge in [0.25, 0.3) is 0 Å². The highest BCUT2D eigenvalue weighted by molar-refractivity contribution is 6.35. The van der Waals surface area contributed by atoms with Gasteiger partial charge < -0.3 is 10.6 Å². The van der Waals surface area contributed by atoms with Crippen LogP contribution in [-0.2, 0) is 9.59 Å². The number of rotatable bonds is 11. The van der Waals surface area contributed by atoms with Crippen LogP contribution in [0.1, 0.15) is 72.1 Å². The second-order valence-electron chi connectivity index (χ2n) is 5.83. The van der Waals surface area contributed by atoms with Crippen LogP contribution < -0.4 is 10.6 Å². The van der Waals surface area contributed by atoms with Gasteiger partial charge in [0.2, 0.25) is 0 Å². The minimum absolute atomic E-state index is 0.361. The molecule has 0 rings (SSSR count). The lowest BCUT2D eigenvalue weighted by molar-refractivity contribution is -0.139. The number of carbonyl (C=O) groups is 2. The van der Waals surface area contributed by atoms with E-state index in [1.54, 1.807) is 0 Å². The molecule has 118 valence electrons. The first-order valence-electron chi connectivity index (χ1n) is 8.14. The molecule has 0 aromatic carbocycles. The fourth-order valence-electron chi connectivity index (χ4n) is 1.92. The van der Waals surface area contributed by atoms with Crippen molar-refractivity contribution < 1.29 is 9.59 Å². The first kappa shape index (κ1) is 18.9. The van der Waals surface area contributed by atoms with Crippen LogP contribution >= 0.6 is 0 Å². The summed E-state index contributed by atoms with van der Waals surface area (Å²) in [6.07, 6.45) is 9.85. The molecule has 0 unspecified atom stereocenters. The number of carbonyl (C=O) groups excluding carboxylic acids is 2. The topological polar surface area (TPSA) is 58.2 Å². The second-order valence-corrected chi connectivity index (χ2v) is 5.83. The Morgan fingerprint density at radius 2 is 1.30 bits per heavy atom. The van der Waals surface area contributed by atoms with Gasteiger partial charge in [0.1, 0.15) is 0 Å². The molecule has 20 heavy (non-hydrogen) atoms. The van der Waals surface area contributed by atoms with Crippen molar-refractivity contribution in [2.45, 2.75) is 72.1 Å². The van der Waals surface area contributed by atoms with Gasteiger partial charge in [-0.2, -0.15) is 0 Å². The minimum Gasteiger partial charge on any atom is -0.348 e. The highest BCUT2D eigenvalue weighted by atomic mass is 16.2. The zero-order chi connectivity index (χ0) is 15.2. The molecule has 0 aliphatic carbocycles. The minimum atomic E-state index is -0.515. The Bertz CT molecular complexity index is 265. The van der Waals surface area contributed by atoms with E-state index in [1.807, 2.05) is 13.8 Å². The Morgan fingerprint density at radius 1 is 0.800 bits per heavy atom. The van der Waals surface area contributed by atoms with Gasteiger partial charge in [0.05, 0.1) is 0 Å². The molecular weight excluding hydrogens is 252 g/mol. The fourth-order valence-corrected chi connectivity index (χ4v) is 1.92. The summed E-state index contributed by atoms with van der Waals surface area (Å²) < 4.78 is 0. The zero-order valence-corrected chi connectivity index (χ0v) is 13.5. The van der Waals surface area contributed by atoms with Gasteiger partial charge in [0, 0.05) is 13.1 Å². The van der Waals surface area contributed by atoms with Crippen LogP contribution in [0.4, 0.5) is 0 Å². The molecule has 0 aromatic rings. The van der Waals surface area contributed by atoms with Gasteiger partial charge in [-0.1, -0.05) is 65.7 Å². The van der Waals surface area contributed by atoms with Gasteiger partial charge in [-0.05, 0) is 12.3 Å². The normalized spacial score (nSPS) is 10.6. The van der Waals surface area contributed by atoms with Crippen LogP contribution in [0.3, 0.4) is 0 Å². The maximum atomic E-state index is 11.4. The molecule has 0 spiro atoms. The molecule has 0 fully saturated rings. The molecule has 0 saturated heterocycles. The van der Waals surface area contributed by atoms with Crippen molar-refractivity contribution in [2.24, 2.45) is 5.92 Å². The number of hydrogen-bond acceptors (Lipinski definition) is 2. The van der Waals surface area contributed by atoms with E-state index in [0.29, 0.717) is 19.0 Å². The quantitative estimate of drug-likeness (QED) is 0.452. The zero-order valence-electron chi connectivity index (χ0n) is 13.5. The van der Waals surface area contributed by atoms with Gasteiger partial charge in [-0.25, -0.2) is 0 Å². The molecule has 0 heterocycles. The van der Waals surface area contributed by atoms with Crippen molar-refractivity contribution in [3.05, 3.63) is 0 Å². The Kier molecular flexibility index (Phi) is 12.3. The van der Waals surface area contributed by atoms with Gasteiger partial charge in [0.15, 0.2) is 0 Å². The predicted molar refractivity (Wildman–Crippen MR) is 83.5 cm³/mol. The van der Waals surface area contributed by atoms with Crippen LogP contribution in [0.15, 0.2) is 0 Å². The predicted octanol–water partition coefficient (Wildman–Crippen LogP) is 3.02. The summed E-state index contributed by atoms with van der Waals surface area (Å²) >= 11 is 0. The monoisotopic (exact) mass is 284 g/mol. The largest absolute Gasteiger partial charge is 0.348 e. The fraction of sp³-hybridized carbons (Fsp3) is 0.875. The number of nitrogens with one attached hydrogen (secondary N) is 2. The van der Waals surface area contributed by atoms with E-state index in [4.69, 9.17) is 0 Å². The lowest BCUT2D eigenvalue weighted by atomic mass is 10.1. The van der Waals surface area contributed by atoms with Crippen LogP contribution in [0.25, 0.3) is 0 Å². The first-order valence-corrected chi connectivity index (χ1v) is 8.14. The molecule has 2 N–H and O–H groups in total. The smallest absolute Gasteiger partial charge is 0.309 e. The molecule has 2 amide bonds. The molecule has 4 nitrogen and oxygen atoms in total. The number of amides is 2. The van der Waals surface area contributed by atoms with Gasteiger partial charge in [-0.15, -0.1) is 0 Å². The summed E-state index contributed by atoms with van der Waals surface area (Å²) in [5, 5.41) is 5.28. The van der Waals surface area contributed by atoms with Crippen molar-refractivity contribution in [3.63, 3.8) is 0 Å². The van der Waals surface area contributed by atoms with E-state index >= 15 is 0 Å². The van der Waals surface area contributed by atoms with E-state index in [2.05, 4.69) is 17.6 Å². The summed E-state index contributed by atoms with van der Waals surface area (Å²) in [7, 11) is 0. The summed E-state index contributed by atoms with van der Waals surface area (Å²) in [6.45, 7) is 7.37. The van der Waals surface area contributed by atoms with Crippen molar-refractivity contribution in [3.8, 4) is 0 Å². The van der Waals surface area contributed by atoms with Crippen LogP contribution in [0, 0.1) is 5.92 Å². The van der Waals surface area contributed by atoms with E-state index in [9.17, 15) is 9.59 Å². The third-order valence-corrected chi connectivity index (χ3v) is 3.19. The number of unbranched alkanes of at least 4 members (excludes halogenated alkanes) is 7. The summed E-state index contributed by atoms with van der Waals surface area (Å²) in [5.74, 6) is -0.661. The van der Waals surface area contributed by atoms with Crippen molar-refractivity contribution in [2.75, 3.05) is 13.1 Å². The number of hydrogen-bond donors (Lipinski definition) is 2. The van der Waals surface area contributed by atoms with Crippen LogP contribution in [-0.4, -0.2) is 24.9 Å². The van der Waals surface area contributed by atoms with E-state index in [1.165, 1.54) is 38.5 Å². The molecule has 0 atom stereocenters. The van der Waals surface area contributed by atoms with Crippen molar-refractivity contribution in [1.82, 2.24) is 10.6 Å². The maximum Gasteiger partial charge on any atom is 0.309 e. The third-order valence-electron chi connectivity index (χ3n) is 3.19. The molecule has 4 heteroatoms. The first-order chi connectivity index (χ1) is 9.57. The van der Waals surface area contributed by atoms with E-state index < -0.39 is 11.8 Å². The Hall–Kier alpha value is -1.06. The standard InChI is InChI=1S/C16H32N2O2/c1-4-5-6-7-8-9-10-11-12-17-15(19)16(20)18-13-14(2)3/h14H,4-13H2,1-3H3,(H,17,19)(H,18,20). The van der Waals surface area contributed by atoms with Crippen LogP contribution in [0.2, 0.25) is 0 Å². The SMILES string of the molecule is CCCCCCCCCCNC(=O)C(=O)NCC(C)C. The summed E-state index contributed by atoms with van der Waals surface area (Å²) in [6, 6.07) is 0.